The van der Waals surface area contributed by atoms with E-state index in [1.165, 1.54) is 0 Å². The molecule has 3 nitrogen and oxygen atoms in total. The van der Waals surface area contributed by atoms with Crippen LogP contribution in [0.15, 0.2) is 24.3 Å². The number of carbonyl (C=O) groups is 1. The zero-order valence-electron chi connectivity index (χ0n) is 10.6. The molecule has 0 aromatic heterocycles. The Balaban J connectivity index is 2.10. The van der Waals surface area contributed by atoms with Gasteiger partial charge in [0, 0.05) is 11.6 Å². The molecular weight excluding hydrogens is 224 g/mol. The van der Waals surface area contributed by atoms with Gasteiger partial charge in [-0.05, 0) is 24.5 Å². The molecule has 18 heavy (non-hydrogen) atoms. The molecule has 1 aliphatic rings. The molecule has 94 valence electrons. The lowest BCUT2D eigenvalue weighted by Gasteiger charge is -2.06. The smallest absolute Gasteiger partial charge is 0.252 e. The number of hydrogen-bond acceptors (Lipinski definition) is 2. The molecule has 0 spiro atoms. The topological polar surface area (TPSA) is 55.1 Å². The Morgan fingerprint density at radius 2 is 2.28 bits per heavy atom. The van der Waals surface area contributed by atoms with Gasteiger partial charge >= 0.3 is 0 Å². The zero-order chi connectivity index (χ0) is 13.0. The first-order valence-electron chi connectivity index (χ1n) is 6.35. The molecule has 1 aromatic carbocycles. The lowest BCUT2D eigenvalue weighted by Crippen LogP contribution is -2.27. The summed E-state index contributed by atoms with van der Waals surface area (Å²) in [7, 11) is 0. The van der Waals surface area contributed by atoms with Crippen LogP contribution < -0.4 is 11.1 Å². The first-order valence-corrected chi connectivity index (χ1v) is 6.35. The summed E-state index contributed by atoms with van der Waals surface area (Å²) in [6.45, 7) is 2.45. The van der Waals surface area contributed by atoms with E-state index in [9.17, 15) is 4.79 Å². The van der Waals surface area contributed by atoms with E-state index in [-0.39, 0.29) is 5.91 Å². The first kappa shape index (κ1) is 12.7. The molecule has 2 atom stereocenters. The fourth-order valence-electron chi connectivity index (χ4n) is 2.06. The third-order valence-electron chi connectivity index (χ3n) is 3.26. The van der Waals surface area contributed by atoms with Gasteiger partial charge in [0.2, 0.25) is 0 Å². The average Bonchev–Trinajstić information content (AvgIpc) is 3.15. The maximum Gasteiger partial charge on any atom is 0.252 e. The fraction of sp³-hybridized carbons (Fsp3) is 0.400. The van der Waals surface area contributed by atoms with Gasteiger partial charge in [-0.3, -0.25) is 4.79 Å². The molecule has 2 unspecified atom stereocenters. The van der Waals surface area contributed by atoms with Crippen molar-refractivity contribution in [3.63, 3.8) is 0 Å². The van der Waals surface area contributed by atoms with Gasteiger partial charge in [-0.25, -0.2) is 0 Å². The molecule has 0 aliphatic heterocycles. The van der Waals surface area contributed by atoms with Gasteiger partial charge in [0.25, 0.3) is 5.91 Å². The minimum atomic E-state index is -0.0297. The van der Waals surface area contributed by atoms with Crippen molar-refractivity contribution in [2.75, 3.05) is 6.54 Å². The van der Waals surface area contributed by atoms with Crippen LogP contribution in [-0.4, -0.2) is 18.5 Å². The van der Waals surface area contributed by atoms with Crippen LogP contribution in [0.4, 0.5) is 0 Å². The van der Waals surface area contributed by atoms with Gasteiger partial charge in [0.1, 0.15) is 0 Å². The van der Waals surface area contributed by atoms with E-state index < -0.39 is 0 Å². The van der Waals surface area contributed by atoms with Crippen LogP contribution in [0, 0.1) is 17.8 Å². The van der Waals surface area contributed by atoms with E-state index in [4.69, 9.17) is 5.73 Å². The summed E-state index contributed by atoms with van der Waals surface area (Å²) in [5.41, 5.74) is 6.74. The van der Waals surface area contributed by atoms with E-state index in [2.05, 4.69) is 24.1 Å². The van der Waals surface area contributed by atoms with Crippen LogP contribution in [0.1, 0.15) is 35.7 Å². The Labute approximate surface area is 108 Å². The molecule has 0 saturated heterocycles. The van der Waals surface area contributed by atoms with Crippen molar-refractivity contribution in [1.82, 2.24) is 5.32 Å². The van der Waals surface area contributed by atoms with Crippen molar-refractivity contribution >= 4 is 5.91 Å². The van der Waals surface area contributed by atoms with Crippen molar-refractivity contribution < 1.29 is 4.79 Å². The summed E-state index contributed by atoms with van der Waals surface area (Å²) in [4.78, 5) is 12.1. The molecule has 3 N–H and O–H groups in total. The lowest BCUT2D eigenvalue weighted by atomic mass is 10.1. The quantitative estimate of drug-likeness (QED) is 0.790. The van der Waals surface area contributed by atoms with Crippen molar-refractivity contribution in [3.05, 3.63) is 35.4 Å². The Morgan fingerprint density at radius 3 is 2.94 bits per heavy atom. The number of amides is 1. The average molecular weight is 242 g/mol. The summed E-state index contributed by atoms with van der Waals surface area (Å²) >= 11 is 0. The van der Waals surface area contributed by atoms with Crippen LogP contribution in [-0.2, 0) is 0 Å². The minimum absolute atomic E-state index is 0.0297. The predicted molar refractivity (Wildman–Crippen MR) is 72.0 cm³/mol. The second-order valence-corrected chi connectivity index (χ2v) is 4.54. The summed E-state index contributed by atoms with van der Waals surface area (Å²) < 4.78 is 0. The third-order valence-corrected chi connectivity index (χ3v) is 3.26. The Morgan fingerprint density at radius 1 is 1.50 bits per heavy atom. The fourth-order valence-corrected chi connectivity index (χ4v) is 2.06. The van der Waals surface area contributed by atoms with Gasteiger partial charge < -0.3 is 11.1 Å². The zero-order valence-corrected chi connectivity index (χ0v) is 10.6. The normalized spacial score (nSPS) is 20.8. The molecule has 1 amide bonds. The number of hydrogen-bond donors (Lipinski definition) is 2. The molecular formula is C15H18N2O. The number of carbonyl (C=O) groups excluding carboxylic acids is 1. The Hall–Kier alpha value is -1.79. The maximum atomic E-state index is 12.1. The van der Waals surface area contributed by atoms with E-state index >= 15 is 0 Å². The van der Waals surface area contributed by atoms with Crippen LogP contribution in [0.3, 0.4) is 0 Å². The summed E-state index contributed by atoms with van der Waals surface area (Å²) in [5.74, 6) is 6.34. The first-order chi connectivity index (χ1) is 8.76. The van der Waals surface area contributed by atoms with Crippen molar-refractivity contribution in [3.8, 4) is 11.8 Å². The van der Waals surface area contributed by atoms with Gasteiger partial charge in [-0.2, -0.15) is 0 Å². The van der Waals surface area contributed by atoms with Crippen LogP contribution in [0.25, 0.3) is 0 Å². The standard InChI is InChI=1S/C15H18N2O/c1-2-11-10-14(11)17-15(18)13-8-4-3-6-12(13)7-5-9-16/h3-4,6,8,11,14H,2,9-10,16H2,1H3,(H,17,18). The van der Waals surface area contributed by atoms with Gasteiger partial charge in [-0.1, -0.05) is 37.3 Å². The Kier molecular flexibility index (Phi) is 4.01. The minimum Gasteiger partial charge on any atom is -0.349 e. The number of benzene rings is 1. The number of rotatable bonds is 3. The van der Waals surface area contributed by atoms with Gasteiger partial charge in [0.05, 0.1) is 12.1 Å². The van der Waals surface area contributed by atoms with E-state index in [0.717, 1.165) is 18.4 Å². The highest BCUT2D eigenvalue weighted by molar-refractivity contribution is 5.97. The third kappa shape index (κ3) is 2.91. The highest BCUT2D eigenvalue weighted by atomic mass is 16.1. The van der Waals surface area contributed by atoms with E-state index in [0.29, 0.717) is 24.1 Å². The van der Waals surface area contributed by atoms with Gasteiger partial charge in [-0.15, -0.1) is 0 Å². The lowest BCUT2D eigenvalue weighted by molar-refractivity contribution is 0.0949. The number of nitrogens with one attached hydrogen (secondary N) is 1. The molecule has 1 fully saturated rings. The highest BCUT2D eigenvalue weighted by Gasteiger charge is 2.36. The maximum absolute atomic E-state index is 12.1. The second kappa shape index (κ2) is 5.70. The second-order valence-electron chi connectivity index (χ2n) is 4.54. The Bertz CT molecular complexity index is 499. The summed E-state index contributed by atoms with van der Waals surface area (Å²) in [6.07, 6.45) is 2.22. The van der Waals surface area contributed by atoms with Crippen molar-refractivity contribution in [2.45, 2.75) is 25.8 Å². The van der Waals surface area contributed by atoms with Crippen LogP contribution in [0.2, 0.25) is 0 Å². The molecule has 0 radical (unpaired) electrons. The van der Waals surface area contributed by atoms with Gasteiger partial charge in [0.15, 0.2) is 0 Å². The van der Waals surface area contributed by atoms with Crippen LogP contribution in [0.5, 0.6) is 0 Å². The van der Waals surface area contributed by atoms with Crippen molar-refractivity contribution in [1.29, 1.82) is 0 Å². The van der Waals surface area contributed by atoms with Crippen molar-refractivity contribution in [2.24, 2.45) is 11.7 Å². The predicted octanol–water partition coefficient (Wildman–Crippen LogP) is 1.53. The monoisotopic (exact) mass is 242 g/mol. The van der Waals surface area contributed by atoms with E-state index in [1.54, 1.807) is 6.07 Å². The van der Waals surface area contributed by atoms with E-state index in [1.807, 2.05) is 18.2 Å². The number of nitrogens with two attached hydrogens (primary N) is 1. The summed E-state index contributed by atoms with van der Waals surface area (Å²) in [6, 6.07) is 7.73. The summed E-state index contributed by atoms with van der Waals surface area (Å²) in [5, 5.41) is 3.05. The molecule has 1 aliphatic carbocycles. The molecule has 1 saturated carbocycles. The largest absolute Gasteiger partial charge is 0.349 e. The molecule has 3 heteroatoms. The molecule has 0 bridgehead atoms. The van der Waals surface area contributed by atoms with Crippen LogP contribution >= 0.6 is 0 Å². The molecule has 0 heterocycles. The SMILES string of the molecule is CCC1CC1NC(=O)c1ccccc1C#CCN. The highest BCUT2D eigenvalue weighted by Crippen LogP contribution is 2.33. The molecule has 2 rings (SSSR count). The molecule has 1 aromatic rings.